The van der Waals surface area contributed by atoms with Crippen LogP contribution in [0.3, 0.4) is 0 Å². The Morgan fingerprint density at radius 1 is 1.33 bits per heavy atom. The van der Waals surface area contributed by atoms with E-state index in [-0.39, 0.29) is 0 Å². The van der Waals surface area contributed by atoms with Gasteiger partial charge in [-0.15, -0.1) is 0 Å². The van der Waals surface area contributed by atoms with Gasteiger partial charge in [0.1, 0.15) is 0 Å². The van der Waals surface area contributed by atoms with E-state index >= 15 is 0 Å². The second kappa shape index (κ2) is 5.07. The Bertz CT molecular complexity index is 535. The SMILES string of the molecule is CCCN1CCC[C@H]1c1cnc2ccccc2c1. The van der Waals surface area contributed by atoms with Gasteiger partial charge < -0.3 is 0 Å². The lowest BCUT2D eigenvalue weighted by atomic mass is 10.0. The maximum absolute atomic E-state index is 4.59. The van der Waals surface area contributed by atoms with Crippen LogP contribution in [0.15, 0.2) is 36.5 Å². The number of hydrogen-bond donors (Lipinski definition) is 0. The predicted octanol–water partition coefficient (Wildman–Crippen LogP) is 3.78. The van der Waals surface area contributed by atoms with E-state index in [9.17, 15) is 0 Å². The van der Waals surface area contributed by atoms with Crippen molar-refractivity contribution in [3.8, 4) is 0 Å². The van der Waals surface area contributed by atoms with Gasteiger partial charge in [-0.3, -0.25) is 9.88 Å². The van der Waals surface area contributed by atoms with E-state index in [0.29, 0.717) is 6.04 Å². The van der Waals surface area contributed by atoms with E-state index in [0.717, 1.165) is 5.52 Å². The van der Waals surface area contributed by atoms with Gasteiger partial charge in [-0.25, -0.2) is 0 Å². The van der Waals surface area contributed by atoms with Crippen molar-refractivity contribution in [3.63, 3.8) is 0 Å². The largest absolute Gasteiger partial charge is 0.296 e. The number of likely N-dealkylation sites (tertiary alicyclic amines) is 1. The van der Waals surface area contributed by atoms with Crippen LogP contribution < -0.4 is 0 Å². The zero-order valence-electron chi connectivity index (χ0n) is 11.0. The van der Waals surface area contributed by atoms with Crippen molar-refractivity contribution in [2.24, 2.45) is 0 Å². The molecule has 0 spiro atoms. The number of nitrogens with zero attached hydrogens (tertiary/aromatic N) is 2. The second-order valence-corrected chi connectivity index (χ2v) is 5.16. The third-order valence-corrected chi connectivity index (χ3v) is 3.87. The molecule has 0 radical (unpaired) electrons. The van der Waals surface area contributed by atoms with Crippen molar-refractivity contribution in [2.45, 2.75) is 32.2 Å². The van der Waals surface area contributed by atoms with Crippen molar-refractivity contribution >= 4 is 10.9 Å². The first kappa shape index (κ1) is 11.7. The van der Waals surface area contributed by atoms with E-state index < -0.39 is 0 Å². The molecule has 18 heavy (non-hydrogen) atoms. The molecule has 1 aromatic carbocycles. The zero-order chi connectivity index (χ0) is 12.4. The van der Waals surface area contributed by atoms with Crippen LogP contribution in [0.1, 0.15) is 37.8 Å². The Morgan fingerprint density at radius 2 is 2.22 bits per heavy atom. The molecule has 1 aliphatic rings. The summed E-state index contributed by atoms with van der Waals surface area (Å²) in [5, 5.41) is 1.26. The maximum Gasteiger partial charge on any atom is 0.0702 e. The first-order valence-corrected chi connectivity index (χ1v) is 6.97. The van der Waals surface area contributed by atoms with Crippen molar-refractivity contribution in [1.82, 2.24) is 9.88 Å². The highest BCUT2D eigenvalue weighted by atomic mass is 15.2. The first-order valence-electron chi connectivity index (χ1n) is 6.97. The number of benzene rings is 1. The quantitative estimate of drug-likeness (QED) is 0.811. The maximum atomic E-state index is 4.59. The topological polar surface area (TPSA) is 16.1 Å². The average Bonchev–Trinajstić information content (AvgIpc) is 2.87. The minimum absolute atomic E-state index is 0.585. The molecule has 0 bridgehead atoms. The normalized spacial score (nSPS) is 20.6. The van der Waals surface area contributed by atoms with Crippen LogP contribution in [-0.4, -0.2) is 23.0 Å². The number of aromatic nitrogens is 1. The van der Waals surface area contributed by atoms with Crippen molar-refractivity contribution in [1.29, 1.82) is 0 Å². The molecular weight excluding hydrogens is 220 g/mol. The van der Waals surface area contributed by atoms with Crippen molar-refractivity contribution < 1.29 is 0 Å². The van der Waals surface area contributed by atoms with E-state index in [4.69, 9.17) is 0 Å². The molecule has 0 N–H and O–H groups in total. The van der Waals surface area contributed by atoms with Gasteiger partial charge in [-0.2, -0.15) is 0 Å². The van der Waals surface area contributed by atoms with Crippen LogP contribution in [0.5, 0.6) is 0 Å². The minimum atomic E-state index is 0.585. The average molecular weight is 240 g/mol. The molecule has 0 saturated carbocycles. The third kappa shape index (κ3) is 2.13. The lowest BCUT2D eigenvalue weighted by Crippen LogP contribution is -2.24. The van der Waals surface area contributed by atoms with E-state index in [1.807, 2.05) is 6.07 Å². The standard InChI is InChI=1S/C16H20N2/c1-2-9-18-10-5-8-16(18)14-11-13-6-3-4-7-15(13)17-12-14/h3-4,6-7,11-12,16H,2,5,8-10H2,1H3/t16-/m0/s1. The summed E-state index contributed by atoms with van der Waals surface area (Å²) in [6.07, 6.45) is 5.90. The Kier molecular flexibility index (Phi) is 3.28. The van der Waals surface area contributed by atoms with Crippen LogP contribution in [0.25, 0.3) is 10.9 Å². The monoisotopic (exact) mass is 240 g/mol. The molecule has 1 aliphatic heterocycles. The van der Waals surface area contributed by atoms with E-state index in [1.54, 1.807) is 0 Å². The minimum Gasteiger partial charge on any atom is -0.296 e. The molecule has 1 fully saturated rings. The first-order chi connectivity index (χ1) is 8.88. The fourth-order valence-electron chi connectivity index (χ4n) is 3.03. The lowest BCUT2D eigenvalue weighted by Gasteiger charge is -2.24. The van der Waals surface area contributed by atoms with Crippen LogP contribution in [0, 0.1) is 0 Å². The Hall–Kier alpha value is -1.41. The zero-order valence-corrected chi connectivity index (χ0v) is 11.0. The molecule has 1 saturated heterocycles. The summed E-state index contributed by atoms with van der Waals surface area (Å²) in [4.78, 5) is 7.20. The van der Waals surface area contributed by atoms with Crippen LogP contribution in [0.2, 0.25) is 0 Å². The smallest absolute Gasteiger partial charge is 0.0702 e. The van der Waals surface area contributed by atoms with Gasteiger partial charge in [0, 0.05) is 17.6 Å². The predicted molar refractivity (Wildman–Crippen MR) is 75.6 cm³/mol. The second-order valence-electron chi connectivity index (χ2n) is 5.16. The summed E-state index contributed by atoms with van der Waals surface area (Å²) in [7, 11) is 0. The number of rotatable bonds is 3. The Labute approximate surface area is 109 Å². The number of pyridine rings is 1. The highest BCUT2D eigenvalue weighted by Crippen LogP contribution is 2.32. The highest BCUT2D eigenvalue weighted by molar-refractivity contribution is 5.78. The van der Waals surface area contributed by atoms with Gasteiger partial charge in [0.2, 0.25) is 0 Å². The summed E-state index contributed by atoms with van der Waals surface area (Å²) in [6.45, 7) is 4.71. The number of hydrogen-bond acceptors (Lipinski definition) is 2. The molecule has 0 unspecified atom stereocenters. The molecular formula is C16H20N2. The van der Waals surface area contributed by atoms with Gasteiger partial charge >= 0.3 is 0 Å². The highest BCUT2D eigenvalue weighted by Gasteiger charge is 2.25. The van der Waals surface area contributed by atoms with Gasteiger partial charge in [0.15, 0.2) is 0 Å². The Morgan fingerprint density at radius 3 is 3.11 bits per heavy atom. The van der Waals surface area contributed by atoms with Crippen molar-refractivity contribution in [3.05, 3.63) is 42.1 Å². The van der Waals surface area contributed by atoms with Gasteiger partial charge in [0.25, 0.3) is 0 Å². The molecule has 2 nitrogen and oxygen atoms in total. The van der Waals surface area contributed by atoms with Gasteiger partial charge in [-0.05, 0) is 50.0 Å². The summed E-state index contributed by atoms with van der Waals surface area (Å²) in [5.74, 6) is 0. The van der Waals surface area contributed by atoms with Crippen molar-refractivity contribution in [2.75, 3.05) is 13.1 Å². The van der Waals surface area contributed by atoms with Gasteiger partial charge in [-0.1, -0.05) is 25.1 Å². The summed E-state index contributed by atoms with van der Waals surface area (Å²) in [6, 6.07) is 11.3. The molecule has 1 aromatic heterocycles. The fraction of sp³-hybridized carbons (Fsp3) is 0.438. The van der Waals surface area contributed by atoms with Crippen LogP contribution in [-0.2, 0) is 0 Å². The number of fused-ring (bicyclic) bond motifs is 1. The molecule has 2 heterocycles. The molecule has 94 valence electrons. The molecule has 0 amide bonds. The molecule has 2 heteroatoms. The summed E-state index contributed by atoms with van der Waals surface area (Å²) in [5.41, 5.74) is 2.49. The molecule has 2 aromatic rings. The van der Waals surface area contributed by atoms with E-state index in [2.05, 4.69) is 47.3 Å². The summed E-state index contributed by atoms with van der Waals surface area (Å²) < 4.78 is 0. The summed E-state index contributed by atoms with van der Waals surface area (Å²) >= 11 is 0. The fourth-order valence-corrected chi connectivity index (χ4v) is 3.03. The van der Waals surface area contributed by atoms with Gasteiger partial charge in [0.05, 0.1) is 5.52 Å². The Balaban J connectivity index is 1.93. The lowest BCUT2D eigenvalue weighted by molar-refractivity contribution is 0.257. The van der Waals surface area contributed by atoms with Crippen LogP contribution in [0.4, 0.5) is 0 Å². The molecule has 1 atom stereocenters. The third-order valence-electron chi connectivity index (χ3n) is 3.87. The van der Waals surface area contributed by atoms with Crippen LogP contribution >= 0.6 is 0 Å². The molecule has 3 rings (SSSR count). The molecule has 0 aliphatic carbocycles. The van der Waals surface area contributed by atoms with E-state index in [1.165, 1.54) is 43.3 Å². The number of para-hydroxylation sites is 1.